The van der Waals surface area contributed by atoms with Crippen molar-refractivity contribution in [1.82, 2.24) is 15.2 Å². The molecule has 0 saturated carbocycles. The summed E-state index contributed by atoms with van der Waals surface area (Å²) in [6.07, 6.45) is 1.83. The minimum absolute atomic E-state index is 0.525. The summed E-state index contributed by atoms with van der Waals surface area (Å²) in [4.78, 5) is 8.86. The molecule has 18 heavy (non-hydrogen) atoms. The molecule has 0 aromatic carbocycles. The lowest BCUT2D eigenvalue weighted by Crippen LogP contribution is -2.46. The van der Waals surface area contributed by atoms with Crippen LogP contribution in [0.25, 0.3) is 0 Å². The van der Waals surface area contributed by atoms with Gasteiger partial charge < -0.3 is 15.5 Å². The van der Waals surface area contributed by atoms with Crippen molar-refractivity contribution in [3.63, 3.8) is 0 Å². The van der Waals surface area contributed by atoms with Crippen LogP contribution in [0.5, 0.6) is 0 Å². The maximum Gasteiger partial charge on any atom is 0.210 e. The van der Waals surface area contributed by atoms with Crippen LogP contribution in [-0.4, -0.2) is 41.4 Å². The molecule has 7 heteroatoms. The molecule has 0 spiro atoms. The van der Waals surface area contributed by atoms with Gasteiger partial charge in [-0.05, 0) is 12.1 Å². The van der Waals surface area contributed by atoms with Crippen molar-refractivity contribution in [1.29, 1.82) is 0 Å². The molecule has 2 aromatic heterocycles. The summed E-state index contributed by atoms with van der Waals surface area (Å²) in [5.74, 6) is 1.04. The number of anilines is 3. The van der Waals surface area contributed by atoms with Gasteiger partial charge in [0.2, 0.25) is 10.3 Å². The predicted molar refractivity (Wildman–Crippen MR) is 73.0 cm³/mol. The Hall–Kier alpha value is -1.89. The van der Waals surface area contributed by atoms with Gasteiger partial charge in [-0.15, -0.1) is 10.2 Å². The van der Waals surface area contributed by atoms with Crippen molar-refractivity contribution >= 4 is 27.4 Å². The van der Waals surface area contributed by atoms with Crippen LogP contribution in [0.15, 0.2) is 24.4 Å². The van der Waals surface area contributed by atoms with Gasteiger partial charge in [-0.2, -0.15) is 0 Å². The Kier molecular flexibility index (Phi) is 2.97. The number of nitrogens with zero attached hydrogens (tertiary/aromatic N) is 5. The van der Waals surface area contributed by atoms with Crippen molar-refractivity contribution in [3.8, 4) is 0 Å². The van der Waals surface area contributed by atoms with Crippen LogP contribution in [0, 0.1) is 0 Å². The maximum atomic E-state index is 5.60. The third kappa shape index (κ3) is 2.21. The number of pyridine rings is 1. The van der Waals surface area contributed by atoms with Crippen molar-refractivity contribution < 1.29 is 0 Å². The van der Waals surface area contributed by atoms with Gasteiger partial charge in [0.25, 0.3) is 0 Å². The largest absolute Gasteiger partial charge is 0.374 e. The molecule has 1 aliphatic heterocycles. The fourth-order valence-electron chi connectivity index (χ4n) is 2.02. The molecule has 3 rings (SSSR count). The average Bonchev–Trinajstić information content (AvgIpc) is 2.87. The molecule has 2 aromatic rings. The molecule has 94 valence electrons. The molecule has 0 radical (unpaired) electrons. The van der Waals surface area contributed by atoms with Gasteiger partial charge in [-0.25, -0.2) is 4.98 Å². The number of rotatable bonds is 2. The van der Waals surface area contributed by atoms with Crippen molar-refractivity contribution in [2.75, 3.05) is 41.7 Å². The highest BCUT2D eigenvalue weighted by atomic mass is 32.1. The Balaban J connectivity index is 1.65. The minimum atomic E-state index is 0.525. The van der Waals surface area contributed by atoms with E-state index < -0.39 is 0 Å². The van der Waals surface area contributed by atoms with Crippen molar-refractivity contribution in [3.05, 3.63) is 24.4 Å². The second-order valence-corrected chi connectivity index (χ2v) is 5.07. The fourth-order valence-corrected chi connectivity index (χ4v) is 2.68. The van der Waals surface area contributed by atoms with Gasteiger partial charge in [0.05, 0.1) is 0 Å². The predicted octanol–water partition coefficient (Wildman–Crippen LogP) is 0.842. The molecular weight excluding hydrogens is 248 g/mol. The van der Waals surface area contributed by atoms with Crippen LogP contribution in [0.3, 0.4) is 0 Å². The normalized spacial score (nSPS) is 16.0. The van der Waals surface area contributed by atoms with Crippen molar-refractivity contribution in [2.45, 2.75) is 0 Å². The molecule has 0 unspecified atom stereocenters. The first-order valence-corrected chi connectivity index (χ1v) is 6.64. The zero-order valence-electron chi connectivity index (χ0n) is 9.86. The van der Waals surface area contributed by atoms with E-state index in [-0.39, 0.29) is 0 Å². The number of hydrogen-bond acceptors (Lipinski definition) is 7. The third-order valence-corrected chi connectivity index (χ3v) is 3.77. The molecular formula is C11H14N6S. The van der Waals surface area contributed by atoms with Crippen LogP contribution in [0.1, 0.15) is 0 Å². The fraction of sp³-hybridized carbons (Fsp3) is 0.364. The van der Waals surface area contributed by atoms with Crippen LogP contribution in [0.2, 0.25) is 0 Å². The molecule has 2 N–H and O–H groups in total. The number of hydrogen-bond donors (Lipinski definition) is 1. The second-order valence-electron chi connectivity index (χ2n) is 4.08. The molecule has 3 heterocycles. The first-order chi connectivity index (χ1) is 8.83. The molecule has 0 bridgehead atoms. The van der Waals surface area contributed by atoms with Crippen LogP contribution in [0.4, 0.5) is 16.1 Å². The Bertz CT molecular complexity index is 505. The van der Waals surface area contributed by atoms with E-state index in [9.17, 15) is 0 Å². The lowest BCUT2D eigenvalue weighted by molar-refractivity contribution is 0.644. The zero-order chi connectivity index (χ0) is 12.4. The van der Waals surface area contributed by atoms with Gasteiger partial charge in [0.1, 0.15) is 5.82 Å². The highest BCUT2D eigenvalue weighted by molar-refractivity contribution is 7.18. The van der Waals surface area contributed by atoms with E-state index >= 15 is 0 Å². The first kappa shape index (κ1) is 11.2. The second kappa shape index (κ2) is 4.77. The van der Waals surface area contributed by atoms with Crippen molar-refractivity contribution in [2.24, 2.45) is 0 Å². The van der Waals surface area contributed by atoms with E-state index in [1.807, 2.05) is 24.4 Å². The summed E-state index contributed by atoms with van der Waals surface area (Å²) in [6, 6.07) is 5.99. The number of nitrogens with two attached hydrogens (primary N) is 1. The summed E-state index contributed by atoms with van der Waals surface area (Å²) in [5.41, 5.74) is 5.60. The smallest absolute Gasteiger partial charge is 0.210 e. The standard InChI is InChI=1S/C11H14N6S/c12-10-14-15-11(18-10)17-7-5-16(6-8-17)9-3-1-2-4-13-9/h1-4H,5-8H2,(H2,12,14). The molecule has 1 fully saturated rings. The zero-order valence-corrected chi connectivity index (χ0v) is 10.7. The van der Waals surface area contributed by atoms with Crippen LogP contribution in [-0.2, 0) is 0 Å². The minimum Gasteiger partial charge on any atom is -0.374 e. The monoisotopic (exact) mass is 262 g/mol. The third-order valence-electron chi connectivity index (χ3n) is 2.95. The first-order valence-electron chi connectivity index (χ1n) is 5.83. The van der Waals surface area contributed by atoms with Crippen LogP contribution >= 0.6 is 11.3 Å². The summed E-state index contributed by atoms with van der Waals surface area (Å²) in [6.45, 7) is 3.73. The highest BCUT2D eigenvalue weighted by Gasteiger charge is 2.20. The summed E-state index contributed by atoms with van der Waals surface area (Å²) >= 11 is 1.44. The maximum absolute atomic E-state index is 5.60. The van der Waals surface area contributed by atoms with Gasteiger partial charge in [0.15, 0.2) is 0 Å². The molecule has 1 saturated heterocycles. The van der Waals surface area contributed by atoms with Crippen LogP contribution < -0.4 is 15.5 Å². The lowest BCUT2D eigenvalue weighted by atomic mass is 10.3. The molecule has 0 atom stereocenters. The quantitative estimate of drug-likeness (QED) is 0.865. The highest BCUT2D eigenvalue weighted by Crippen LogP contribution is 2.23. The van der Waals surface area contributed by atoms with Gasteiger partial charge >= 0.3 is 0 Å². The Labute approximate surface area is 109 Å². The average molecular weight is 262 g/mol. The SMILES string of the molecule is Nc1nnc(N2CCN(c3ccccn3)CC2)s1. The Morgan fingerprint density at radius 3 is 2.44 bits per heavy atom. The van der Waals surface area contributed by atoms with Gasteiger partial charge in [-0.3, -0.25) is 0 Å². The van der Waals surface area contributed by atoms with E-state index in [1.165, 1.54) is 11.3 Å². The van der Waals surface area contributed by atoms with E-state index in [0.717, 1.165) is 37.1 Å². The molecule has 0 aliphatic carbocycles. The van der Waals surface area contributed by atoms with E-state index in [2.05, 4.69) is 25.0 Å². The summed E-state index contributed by atoms with van der Waals surface area (Å²) < 4.78 is 0. The number of piperazine rings is 1. The van der Waals surface area contributed by atoms with E-state index in [4.69, 9.17) is 5.73 Å². The lowest BCUT2D eigenvalue weighted by Gasteiger charge is -2.34. The Morgan fingerprint density at radius 2 is 1.83 bits per heavy atom. The summed E-state index contributed by atoms with van der Waals surface area (Å²) in [5, 5.41) is 9.36. The number of nitrogen functional groups attached to an aromatic ring is 1. The summed E-state index contributed by atoms with van der Waals surface area (Å²) in [7, 11) is 0. The van der Waals surface area contributed by atoms with Gasteiger partial charge in [-0.1, -0.05) is 17.4 Å². The number of aromatic nitrogens is 3. The Morgan fingerprint density at radius 1 is 1.06 bits per heavy atom. The van der Waals surface area contributed by atoms with E-state index in [1.54, 1.807) is 0 Å². The van der Waals surface area contributed by atoms with E-state index in [0.29, 0.717) is 5.13 Å². The van der Waals surface area contributed by atoms with Gasteiger partial charge in [0, 0.05) is 32.4 Å². The topological polar surface area (TPSA) is 71.2 Å². The molecule has 1 aliphatic rings. The molecule has 6 nitrogen and oxygen atoms in total. The molecule has 0 amide bonds.